The smallest absolute Gasteiger partial charge is 0.208 e. The summed E-state index contributed by atoms with van der Waals surface area (Å²) in [4.78, 5) is 13.8. The van der Waals surface area contributed by atoms with E-state index in [9.17, 15) is 25.2 Å². The van der Waals surface area contributed by atoms with Crippen LogP contribution in [0, 0.1) is 39.9 Å². The fourth-order valence-corrected chi connectivity index (χ4v) is 8.60. The Bertz CT molecular complexity index is 709. The molecule has 2 heterocycles. The molecule has 7 heteroatoms. The van der Waals surface area contributed by atoms with Crippen molar-refractivity contribution >= 4 is 5.78 Å². The molecule has 2 saturated heterocycles. The highest BCUT2D eigenvalue weighted by atomic mass is 16.6. The summed E-state index contributed by atoms with van der Waals surface area (Å²) in [5.74, 6) is -4.59. The van der Waals surface area contributed by atoms with Crippen LogP contribution in [0.2, 0.25) is 0 Å². The topological polar surface area (TPSA) is 116 Å². The van der Waals surface area contributed by atoms with Crippen molar-refractivity contribution in [3.63, 3.8) is 0 Å². The number of ketones is 1. The molecule has 10 atom stereocenters. The molecule has 7 nitrogen and oxygen atoms in total. The Balaban J connectivity index is 1.76. The van der Waals surface area contributed by atoms with Crippen molar-refractivity contribution in [2.24, 2.45) is 39.9 Å². The maximum atomic E-state index is 13.8. The van der Waals surface area contributed by atoms with Crippen molar-refractivity contribution < 1.29 is 34.7 Å². The number of hydrogen-bond acceptors (Lipinski definition) is 7. The van der Waals surface area contributed by atoms with E-state index in [0.29, 0.717) is 12.8 Å². The van der Waals surface area contributed by atoms with Crippen LogP contribution in [0.5, 0.6) is 0 Å². The van der Waals surface area contributed by atoms with Gasteiger partial charge in [0.15, 0.2) is 5.78 Å². The van der Waals surface area contributed by atoms with Gasteiger partial charge in [0.2, 0.25) is 5.79 Å². The molecule has 2 spiro atoms. The molecule has 10 unspecified atom stereocenters. The van der Waals surface area contributed by atoms with E-state index < -0.39 is 52.7 Å². The first-order valence-electron chi connectivity index (χ1n) is 10.5. The number of ether oxygens (including phenoxy) is 2. The van der Waals surface area contributed by atoms with Crippen molar-refractivity contribution in [2.75, 3.05) is 20.3 Å². The van der Waals surface area contributed by atoms with E-state index in [0.717, 1.165) is 12.8 Å². The van der Waals surface area contributed by atoms with Crippen LogP contribution in [0.25, 0.3) is 0 Å². The fourth-order valence-electron chi connectivity index (χ4n) is 8.60. The lowest BCUT2D eigenvalue weighted by atomic mass is 9.36. The van der Waals surface area contributed by atoms with Crippen molar-refractivity contribution in [1.82, 2.24) is 0 Å². The van der Waals surface area contributed by atoms with Gasteiger partial charge in [-0.3, -0.25) is 4.79 Å². The van der Waals surface area contributed by atoms with Crippen LogP contribution in [0.1, 0.15) is 39.5 Å². The molecule has 0 aromatic rings. The molecular formula is C21H32O7. The summed E-state index contributed by atoms with van der Waals surface area (Å²) in [6, 6.07) is 0. The Morgan fingerprint density at radius 2 is 1.86 bits per heavy atom. The lowest BCUT2D eigenvalue weighted by Crippen LogP contribution is -2.85. The summed E-state index contributed by atoms with van der Waals surface area (Å²) in [5.41, 5.74) is -2.62. The van der Waals surface area contributed by atoms with Gasteiger partial charge in [-0.1, -0.05) is 20.3 Å². The van der Waals surface area contributed by atoms with Crippen LogP contribution in [-0.4, -0.2) is 70.6 Å². The predicted molar refractivity (Wildman–Crippen MR) is 96.9 cm³/mol. The number of carbonyl (C=O) groups excluding carboxylic acids is 1. The quantitative estimate of drug-likeness (QED) is 0.522. The predicted octanol–water partition coefficient (Wildman–Crippen LogP) is 0.0820. The summed E-state index contributed by atoms with van der Waals surface area (Å²) < 4.78 is 11.2. The SMILES string of the molecule is COCC1C(=O)C23C(O)C1CC(O)C2C12CCCC(C)(C)C1C(O)C3(O)OC2. The zero-order chi connectivity index (χ0) is 20.3. The Morgan fingerprint density at radius 3 is 2.54 bits per heavy atom. The number of aliphatic hydroxyl groups excluding tert-OH is 3. The Hall–Kier alpha value is -0.570. The molecule has 6 aliphatic rings. The van der Waals surface area contributed by atoms with Gasteiger partial charge >= 0.3 is 0 Å². The minimum Gasteiger partial charge on any atom is -0.393 e. The summed E-state index contributed by atoms with van der Waals surface area (Å²) in [7, 11) is 1.50. The second kappa shape index (κ2) is 5.56. The van der Waals surface area contributed by atoms with Crippen molar-refractivity contribution in [2.45, 2.75) is 63.6 Å². The van der Waals surface area contributed by atoms with Crippen LogP contribution >= 0.6 is 0 Å². The van der Waals surface area contributed by atoms with Crippen molar-refractivity contribution in [1.29, 1.82) is 0 Å². The van der Waals surface area contributed by atoms with Crippen LogP contribution in [0.4, 0.5) is 0 Å². The lowest BCUT2D eigenvalue weighted by Gasteiger charge is -2.74. The zero-order valence-corrected chi connectivity index (χ0v) is 16.8. The van der Waals surface area contributed by atoms with E-state index in [2.05, 4.69) is 13.8 Å². The van der Waals surface area contributed by atoms with E-state index >= 15 is 0 Å². The molecule has 6 fully saturated rings. The largest absolute Gasteiger partial charge is 0.393 e. The number of methoxy groups -OCH3 is 1. The molecule has 6 rings (SSSR count). The summed E-state index contributed by atoms with van der Waals surface area (Å²) in [6.07, 6.45) is -0.500. The first-order chi connectivity index (χ1) is 13.1. The third-order valence-corrected chi connectivity index (χ3v) is 9.28. The van der Waals surface area contributed by atoms with Gasteiger partial charge in [0.1, 0.15) is 11.5 Å². The molecule has 0 amide bonds. The average Bonchev–Trinajstić information content (AvgIpc) is 2.74. The Labute approximate surface area is 165 Å². The van der Waals surface area contributed by atoms with Crippen LogP contribution in [-0.2, 0) is 14.3 Å². The fraction of sp³-hybridized carbons (Fsp3) is 0.952. The minimum absolute atomic E-state index is 0.121. The molecule has 0 radical (unpaired) electrons. The Kier molecular flexibility index (Phi) is 3.85. The molecule has 4 saturated carbocycles. The summed E-state index contributed by atoms with van der Waals surface area (Å²) in [5, 5.41) is 45.8. The summed E-state index contributed by atoms with van der Waals surface area (Å²) in [6.45, 7) is 4.47. The van der Waals surface area contributed by atoms with Crippen molar-refractivity contribution in [3.8, 4) is 0 Å². The third-order valence-electron chi connectivity index (χ3n) is 9.28. The van der Waals surface area contributed by atoms with E-state index in [1.54, 1.807) is 0 Å². The second-order valence-corrected chi connectivity index (χ2v) is 10.7. The molecule has 4 bridgehead atoms. The average molecular weight is 396 g/mol. The van der Waals surface area contributed by atoms with Gasteiger partial charge in [-0.25, -0.2) is 0 Å². The van der Waals surface area contributed by atoms with Gasteiger partial charge in [0, 0.05) is 36.2 Å². The van der Waals surface area contributed by atoms with Gasteiger partial charge in [-0.2, -0.15) is 0 Å². The minimum atomic E-state index is -2.20. The zero-order valence-electron chi connectivity index (χ0n) is 16.8. The maximum absolute atomic E-state index is 13.8. The maximum Gasteiger partial charge on any atom is 0.208 e. The van der Waals surface area contributed by atoms with Gasteiger partial charge in [-0.15, -0.1) is 0 Å². The normalized spacial score (nSPS) is 59.1. The number of aliphatic hydroxyl groups is 4. The van der Waals surface area contributed by atoms with Crippen molar-refractivity contribution in [3.05, 3.63) is 0 Å². The van der Waals surface area contributed by atoms with E-state index in [1.807, 2.05) is 0 Å². The molecule has 158 valence electrons. The van der Waals surface area contributed by atoms with E-state index in [-0.39, 0.29) is 30.3 Å². The van der Waals surface area contributed by atoms with Crippen LogP contribution in [0.15, 0.2) is 0 Å². The van der Waals surface area contributed by atoms with Gasteiger partial charge < -0.3 is 29.9 Å². The Morgan fingerprint density at radius 1 is 1.14 bits per heavy atom. The molecule has 0 aromatic carbocycles. The molecule has 0 aromatic heterocycles. The number of Topliss-reactive ketones (excluding diaryl/α,β-unsaturated/α-hetero) is 1. The number of hydrogen-bond donors (Lipinski definition) is 4. The third kappa shape index (κ3) is 1.78. The molecule has 28 heavy (non-hydrogen) atoms. The standard InChI is InChI=1S/C21H32O7/c1-18(2)5-4-6-19-9-28-21(26,17(25)14(18)19)20-13(19)12(22)7-10(15(20)23)11(8-27-3)16(20)24/h10-15,17,22-23,25-26H,4-9H2,1-3H3. The van der Waals surface area contributed by atoms with E-state index in [4.69, 9.17) is 9.47 Å². The van der Waals surface area contributed by atoms with Crippen LogP contribution in [0.3, 0.4) is 0 Å². The number of fused-ring (bicyclic) bond motifs is 2. The van der Waals surface area contributed by atoms with Gasteiger partial charge in [0.05, 0.1) is 25.4 Å². The highest BCUT2D eigenvalue weighted by Crippen LogP contribution is 2.76. The highest BCUT2D eigenvalue weighted by Gasteiger charge is 2.87. The molecule has 2 aliphatic heterocycles. The lowest BCUT2D eigenvalue weighted by molar-refractivity contribution is -0.456. The highest BCUT2D eigenvalue weighted by molar-refractivity contribution is 5.93. The molecule has 4 N–H and O–H groups in total. The van der Waals surface area contributed by atoms with Crippen LogP contribution < -0.4 is 0 Å². The number of rotatable bonds is 2. The molecular weight excluding hydrogens is 364 g/mol. The summed E-state index contributed by atoms with van der Waals surface area (Å²) >= 11 is 0. The second-order valence-electron chi connectivity index (χ2n) is 10.7. The first kappa shape index (κ1) is 19.4. The first-order valence-corrected chi connectivity index (χ1v) is 10.5. The van der Waals surface area contributed by atoms with Gasteiger partial charge in [0.25, 0.3) is 0 Å². The van der Waals surface area contributed by atoms with Gasteiger partial charge in [-0.05, 0) is 24.7 Å². The molecule has 4 aliphatic carbocycles. The number of carbonyl (C=O) groups is 1. The monoisotopic (exact) mass is 396 g/mol. The van der Waals surface area contributed by atoms with E-state index in [1.165, 1.54) is 7.11 Å².